The molecule has 1 aliphatic heterocycles. The van der Waals surface area contributed by atoms with Gasteiger partial charge in [-0.15, -0.1) is 0 Å². The zero-order chi connectivity index (χ0) is 15.8. The lowest BCUT2D eigenvalue weighted by atomic mass is 10.2. The number of aryl methyl sites for hydroxylation is 1. The topological polar surface area (TPSA) is 96.6 Å². The molecule has 3 N–H and O–H groups in total. The average molecular weight is 309 g/mol. The van der Waals surface area contributed by atoms with Gasteiger partial charge in [0.05, 0.1) is 18.1 Å². The van der Waals surface area contributed by atoms with Crippen LogP contribution in [0.15, 0.2) is 24.5 Å². The van der Waals surface area contributed by atoms with Gasteiger partial charge < -0.3 is 10.7 Å². The molecule has 0 amide bonds. The Morgan fingerprint density at radius 3 is 3.09 bits per heavy atom. The summed E-state index contributed by atoms with van der Waals surface area (Å²) in [5, 5.41) is 0. The number of hydrogen-bond acceptors (Lipinski definition) is 6. The molecule has 7 heteroatoms. The smallest absolute Gasteiger partial charge is 0.183 e. The Balaban J connectivity index is 1.63. The van der Waals surface area contributed by atoms with E-state index in [1.807, 2.05) is 19.1 Å². The van der Waals surface area contributed by atoms with E-state index in [0.29, 0.717) is 17.0 Å². The van der Waals surface area contributed by atoms with Gasteiger partial charge in [0.25, 0.3) is 0 Å². The number of nitrogens with two attached hydrogens (primary N) is 1. The van der Waals surface area contributed by atoms with Crippen LogP contribution in [-0.4, -0.2) is 36.4 Å². The second-order valence-electron chi connectivity index (χ2n) is 5.97. The number of nitrogens with zero attached hydrogens (tertiary/aromatic N) is 5. The molecule has 3 aromatic rings. The maximum atomic E-state index is 6.03. The Morgan fingerprint density at radius 2 is 2.22 bits per heavy atom. The highest BCUT2D eigenvalue weighted by Crippen LogP contribution is 2.32. The molecule has 0 aliphatic carbocycles. The van der Waals surface area contributed by atoms with Gasteiger partial charge in [0.1, 0.15) is 5.52 Å². The van der Waals surface area contributed by atoms with Gasteiger partial charge in [0.15, 0.2) is 17.3 Å². The molecule has 1 saturated heterocycles. The first-order valence-corrected chi connectivity index (χ1v) is 7.84. The lowest BCUT2D eigenvalue weighted by Crippen LogP contribution is -2.25. The van der Waals surface area contributed by atoms with Gasteiger partial charge in [-0.3, -0.25) is 9.88 Å². The van der Waals surface area contributed by atoms with Gasteiger partial charge in [-0.1, -0.05) is 6.07 Å². The van der Waals surface area contributed by atoms with Crippen LogP contribution in [0.5, 0.6) is 0 Å². The number of hydrogen-bond donors (Lipinski definition) is 2. The molecule has 1 fully saturated rings. The second-order valence-corrected chi connectivity index (χ2v) is 5.97. The number of H-pyrrole nitrogens is 1. The van der Waals surface area contributed by atoms with Crippen LogP contribution in [-0.2, 0) is 6.54 Å². The van der Waals surface area contributed by atoms with E-state index in [1.165, 1.54) is 0 Å². The van der Waals surface area contributed by atoms with Crippen molar-refractivity contribution in [2.75, 3.05) is 12.3 Å². The van der Waals surface area contributed by atoms with Crippen LogP contribution in [0.25, 0.3) is 11.2 Å². The number of nitrogen functional groups attached to an aromatic ring is 1. The fourth-order valence-corrected chi connectivity index (χ4v) is 3.23. The number of pyridine rings is 1. The van der Waals surface area contributed by atoms with E-state index in [2.05, 4.69) is 35.9 Å². The Morgan fingerprint density at radius 1 is 1.30 bits per heavy atom. The first-order valence-electron chi connectivity index (χ1n) is 7.84. The lowest BCUT2D eigenvalue weighted by molar-refractivity contribution is 0.237. The summed E-state index contributed by atoms with van der Waals surface area (Å²) in [7, 11) is 0. The van der Waals surface area contributed by atoms with Crippen LogP contribution in [0, 0.1) is 6.92 Å². The molecule has 1 atom stereocenters. The minimum atomic E-state index is 0.167. The fraction of sp³-hybridized carbons (Fsp3) is 0.375. The van der Waals surface area contributed by atoms with Gasteiger partial charge in [0, 0.05) is 12.2 Å². The van der Waals surface area contributed by atoms with Crippen LogP contribution in [0.3, 0.4) is 0 Å². The standard InChI is InChI=1S/C16H19N7/c1-10-4-2-5-11(20-10)8-23-7-3-6-12(23)15-21-14(17)13-16(22-15)19-9-18-13/h2,4-5,9,12H,3,6-8H2,1H3,(H3,17,18,19,21,22). The zero-order valence-electron chi connectivity index (χ0n) is 13.0. The summed E-state index contributed by atoms with van der Waals surface area (Å²) in [5.41, 5.74) is 9.49. The summed E-state index contributed by atoms with van der Waals surface area (Å²) in [4.78, 5) is 23.3. The summed E-state index contributed by atoms with van der Waals surface area (Å²) in [6.07, 6.45) is 3.75. The van der Waals surface area contributed by atoms with Crippen LogP contribution < -0.4 is 5.73 Å². The van der Waals surface area contributed by atoms with Gasteiger partial charge in [-0.05, 0) is 38.4 Å². The minimum Gasteiger partial charge on any atom is -0.382 e. The third kappa shape index (κ3) is 2.63. The van der Waals surface area contributed by atoms with E-state index in [4.69, 9.17) is 5.73 Å². The molecule has 0 bridgehead atoms. The minimum absolute atomic E-state index is 0.167. The van der Waals surface area contributed by atoms with Crippen molar-refractivity contribution >= 4 is 17.0 Å². The lowest BCUT2D eigenvalue weighted by Gasteiger charge is -2.23. The number of aromatic amines is 1. The highest BCUT2D eigenvalue weighted by molar-refractivity contribution is 5.80. The number of anilines is 1. The van der Waals surface area contributed by atoms with Gasteiger partial charge >= 0.3 is 0 Å². The van der Waals surface area contributed by atoms with E-state index < -0.39 is 0 Å². The number of fused-ring (bicyclic) bond motifs is 1. The van der Waals surface area contributed by atoms with E-state index in [9.17, 15) is 0 Å². The quantitative estimate of drug-likeness (QED) is 0.768. The Bertz CT molecular complexity index is 841. The number of nitrogens with one attached hydrogen (secondary N) is 1. The third-order valence-corrected chi connectivity index (χ3v) is 4.30. The molecule has 4 rings (SSSR count). The molecule has 1 unspecified atom stereocenters. The van der Waals surface area contributed by atoms with Gasteiger partial charge in [0.2, 0.25) is 0 Å². The Labute approximate surface area is 134 Å². The summed E-state index contributed by atoms with van der Waals surface area (Å²) < 4.78 is 0. The molecule has 4 heterocycles. The molecule has 0 radical (unpaired) electrons. The first-order chi connectivity index (χ1) is 11.2. The molecule has 23 heavy (non-hydrogen) atoms. The Kier molecular flexibility index (Phi) is 3.42. The van der Waals surface area contributed by atoms with E-state index in [1.54, 1.807) is 6.33 Å². The second kappa shape index (κ2) is 5.58. The summed E-state index contributed by atoms with van der Waals surface area (Å²) in [6.45, 7) is 3.83. The highest BCUT2D eigenvalue weighted by atomic mass is 15.2. The number of rotatable bonds is 3. The zero-order valence-corrected chi connectivity index (χ0v) is 13.0. The fourth-order valence-electron chi connectivity index (χ4n) is 3.23. The molecular formula is C16H19N7. The molecule has 0 spiro atoms. The van der Waals surface area contributed by atoms with Crippen molar-refractivity contribution in [1.82, 2.24) is 29.8 Å². The van der Waals surface area contributed by atoms with Crippen LogP contribution in [0.2, 0.25) is 0 Å². The van der Waals surface area contributed by atoms with Crippen molar-refractivity contribution in [3.63, 3.8) is 0 Å². The molecule has 1 aliphatic rings. The van der Waals surface area contributed by atoms with Crippen molar-refractivity contribution in [3.05, 3.63) is 41.7 Å². The molecule has 3 aromatic heterocycles. The average Bonchev–Trinajstić information content (AvgIpc) is 3.16. The van der Waals surface area contributed by atoms with Crippen molar-refractivity contribution in [1.29, 1.82) is 0 Å². The summed E-state index contributed by atoms with van der Waals surface area (Å²) >= 11 is 0. The third-order valence-electron chi connectivity index (χ3n) is 4.30. The monoisotopic (exact) mass is 309 g/mol. The summed E-state index contributed by atoms with van der Waals surface area (Å²) in [5.74, 6) is 1.22. The maximum Gasteiger partial charge on any atom is 0.183 e. The maximum absolute atomic E-state index is 6.03. The molecule has 0 aromatic carbocycles. The van der Waals surface area contributed by atoms with E-state index in [0.717, 1.165) is 43.1 Å². The van der Waals surface area contributed by atoms with E-state index in [-0.39, 0.29) is 6.04 Å². The van der Waals surface area contributed by atoms with Gasteiger partial charge in [-0.2, -0.15) is 0 Å². The predicted octanol–water partition coefficient (Wildman–Crippen LogP) is 1.98. The number of aromatic nitrogens is 5. The molecular weight excluding hydrogens is 290 g/mol. The number of likely N-dealkylation sites (tertiary alicyclic amines) is 1. The molecule has 118 valence electrons. The first kappa shape index (κ1) is 14.1. The van der Waals surface area contributed by atoms with Crippen molar-refractivity contribution in [2.24, 2.45) is 0 Å². The van der Waals surface area contributed by atoms with Crippen molar-refractivity contribution in [2.45, 2.75) is 32.4 Å². The largest absolute Gasteiger partial charge is 0.382 e. The predicted molar refractivity (Wildman–Crippen MR) is 87.5 cm³/mol. The summed E-state index contributed by atoms with van der Waals surface area (Å²) in [6, 6.07) is 6.29. The number of imidazole rings is 1. The highest BCUT2D eigenvalue weighted by Gasteiger charge is 2.29. The van der Waals surface area contributed by atoms with Crippen LogP contribution in [0.4, 0.5) is 5.82 Å². The Hall–Kier alpha value is -2.54. The van der Waals surface area contributed by atoms with Crippen molar-refractivity contribution in [3.8, 4) is 0 Å². The van der Waals surface area contributed by atoms with E-state index >= 15 is 0 Å². The van der Waals surface area contributed by atoms with Crippen LogP contribution in [0.1, 0.15) is 36.1 Å². The van der Waals surface area contributed by atoms with Crippen molar-refractivity contribution < 1.29 is 0 Å². The molecule has 7 nitrogen and oxygen atoms in total. The van der Waals surface area contributed by atoms with Crippen LogP contribution >= 0.6 is 0 Å². The molecule has 0 saturated carbocycles. The van der Waals surface area contributed by atoms with Gasteiger partial charge in [-0.25, -0.2) is 15.0 Å². The normalized spacial score (nSPS) is 18.7. The SMILES string of the molecule is Cc1cccc(CN2CCCC2c2nc(N)c3[nH]cnc3n2)n1.